The van der Waals surface area contributed by atoms with Crippen LogP contribution in [0.25, 0.3) is 0 Å². The van der Waals surface area contributed by atoms with Gasteiger partial charge in [0.05, 0.1) is 11.9 Å². The molecule has 0 saturated carbocycles. The van der Waals surface area contributed by atoms with Crippen molar-refractivity contribution in [1.29, 1.82) is 0 Å². The zero-order valence-electron chi connectivity index (χ0n) is 17.6. The van der Waals surface area contributed by atoms with Crippen LogP contribution in [0.5, 0.6) is 0 Å². The van der Waals surface area contributed by atoms with Gasteiger partial charge in [-0.05, 0) is 6.42 Å². The van der Waals surface area contributed by atoms with E-state index < -0.39 is 33.4 Å². The Balaban J connectivity index is -0.000000960. The maximum absolute atomic E-state index is 11.0. The van der Waals surface area contributed by atoms with Crippen LogP contribution in [0.15, 0.2) is 0 Å². The molecular formula is C16H28Na3O8S+. The van der Waals surface area contributed by atoms with Crippen molar-refractivity contribution in [2.24, 2.45) is 0 Å². The number of carbonyl (C=O) groups is 2. The molecule has 0 aromatic rings. The third-order valence-corrected chi connectivity index (χ3v) is 4.94. The van der Waals surface area contributed by atoms with Gasteiger partial charge in [-0.3, -0.25) is 4.55 Å². The molecule has 0 aliphatic heterocycles. The van der Waals surface area contributed by atoms with Gasteiger partial charge >= 0.3 is 88.7 Å². The van der Waals surface area contributed by atoms with Crippen molar-refractivity contribution in [1.82, 2.24) is 0 Å². The van der Waals surface area contributed by atoms with Crippen molar-refractivity contribution in [3.05, 3.63) is 0 Å². The van der Waals surface area contributed by atoms with Crippen molar-refractivity contribution in [2.75, 3.05) is 6.61 Å². The average Bonchev–Trinajstić information content (AvgIpc) is 2.49. The fourth-order valence-electron chi connectivity index (χ4n) is 2.48. The van der Waals surface area contributed by atoms with Gasteiger partial charge in [-0.2, -0.15) is 8.42 Å². The van der Waals surface area contributed by atoms with E-state index in [-0.39, 0.29) is 95.3 Å². The number of aliphatic carboxylic acids is 2. The van der Waals surface area contributed by atoms with Gasteiger partial charge in [-0.15, -0.1) is 0 Å². The molecule has 0 aliphatic rings. The third kappa shape index (κ3) is 18.6. The first-order valence-corrected chi connectivity index (χ1v) is 10.2. The molecule has 0 saturated heterocycles. The molecule has 0 aromatic heterocycles. The van der Waals surface area contributed by atoms with Gasteiger partial charge in [0.1, 0.15) is 6.10 Å². The van der Waals surface area contributed by atoms with Crippen LogP contribution in [0.2, 0.25) is 0 Å². The smallest absolute Gasteiger partial charge is 0.549 e. The predicted octanol–water partition coefficient (Wildman–Crippen LogP) is -8.94. The van der Waals surface area contributed by atoms with Crippen LogP contribution in [0.4, 0.5) is 0 Å². The molecule has 0 fully saturated rings. The quantitative estimate of drug-likeness (QED) is 0.139. The maximum atomic E-state index is 11.0. The van der Waals surface area contributed by atoms with E-state index >= 15 is 0 Å². The maximum Gasteiger partial charge on any atom is 1.00 e. The Bertz CT molecular complexity index is 502. The molecule has 8 nitrogen and oxygen atoms in total. The van der Waals surface area contributed by atoms with E-state index in [0.29, 0.717) is 6.42 Å². The van der Waals surface area contributed by atoms with Crippen LogP contribution in [-0.2, 0) is 24.4 Å². The summed E-state index contributed by atoms with van der Waals surface area (Å²) in [5.74, 6) is -4.28. The van der Waals surface area contributed by atoms with Gasteiger partial charge in [-0.25, -0.2) is 0 Å². The summed E-state index contributed by atoms with van der Waals surface area (Å²) in [5.41, 5.74) is 0. The molecule has 0 rings (SSSR count). The summed E-state index contributed by atoms with van der Waals surface area (Å²) in [4.78, 5) is 21.7. The minimum absolute atomic E-state index is 0. The number of unbranched alkanes of at least 4 members (excludes halogenated alkanes) is 9. The summed E-state index contributed by atoms with van der Waals surface area (Å²) in [5, 5.41) is 19.0. The van der Waals surface area contributed by atoms with Crippen molar-refractivity contribution < 1.29 is 126 Å². The summed E-state index contributed by atoms with van der Waals surface area (Å²) in [6.07, 6.45) is 8.12. The number of hydrogen-bond acceptors (Lipinski definition) is 7. The van der Waals surface area contributed by atoms with E-state index in [1.807, 2.05) is 0 Å². The summed E-state index contributed by atoms with van der Waals surface area (Å²) in [6.45, 7) is 2.02. The number of carboxylic acid groups (broad SMARTS) is 2. The Hall–Kier alpha value is 1.81. The minimum atomic E-state index is -5.18. The second-order valence-electron chi connectivity index (χ2n) is 6.05. The zero-order chi connectivity index (χ0) is 19.3. The summed E-state index contributed by atoms with van der Waals surface area (Å²) < 4.78 is 35.6. The van der Waals surface area contributed by atoms with Crippen LogP contribution in [0.3, 0.4) is 0 Å². The zero-order valence-corrected chi connectivity index (χ0v) is 24.5. The second-order valence-corrected chi connectivity index (χ2v) is 7.58. The van der Waals surface area contributed by atoms with E-state index in [0.717, 1.165) is 25.7 Å². The second kappa shape index (κ2) is 22.0. The van der Waals surface area contributed by atoms with Crippen molar-refractivity contribution in [3.63, 3.8) is 0 Å². The molecule has 0 aromatic carbocycles. The van der Waals surface area contributed by atoms with E-state index in [9.17, 15) is 28.2 Å². The van der Waals surface area contributed by atoms with Gasteiger partial charge in [0.2, 0.25) is 0 Å². The van der Waals surface area contributed by atoms with E-state index in [1.165, 1.54) is 32.1 Å². The van der Waals surface area contributed by atoms with Gasteiger partial charge in [-0.1, -0.05) is 64.7 Å². The van der Waals surface area contributed by atoms with Crippen LogP contribution in [0.1, 0.15) is 71.1 Å². The summed E-state index contributed by atoms with van der Waals surface area (Å²) in [7, 11) is -5.18. The number of carbonyl (C=O) groups excluding carboxylic acids is 2. The molecule has 148 valence electrons. The van der Waals surface area contributed by atoms with Gasteiger partial charge < -0.3 is 24.5 Å². The Labute approximate surface area is 234 Å². The summed E-state index contributed by atoms with van der Waals surface area (Å²) in [6, 6.07) is 0. The van der Waals surface area contributed by atoms with Gasteiger partial charge in [0.15, 0.2) is 5.25 Å². The SMILES string of the molecule is CCCCCCCCCCCCOC(C(=O)[O-])C(C(=O)[O-])S(=O)(=O)O.[Na+].[Na+].[Na+]. The molecule has 2 unspecified atom stereocenters. The number of ether oxygens (including phenoxy) is 1. The Morgan fingerprint density at radius 3 is 1.54 bits per heavy atom. The molecule has 12 heteroatoms. The molecule has 0 bridgehead atoms. The van der Waals surface area contributed by atoms with Gasteiger partial charge in [0, 0.05) is 6.61 Å². The molecular weight excluding hydrogens is 421 g/mol. The molecule has 0 heterocycles. The largest absolute Gasteiger partial charge is 1.00 e. The van der Waals surface area contributed by atoms with Gasteiger partial charge in [0.25, 0.3) is 10.1 Å². The Morgan fingerprint density at radius 1 is 0.821 bits per heavy atom. The number of hydrogen-bond donors (Lipinski definition) is 1. The van der Waals surface area contributed by atoms with E-state index in [2.05, 4.69) is 6.92 Å². The molecule has 0 spiro atoms. The molecule has 0 radical (unpaired) electrons. The fraction of sp³-hybridized carbons (Fsp3) is 0.875. The topological polar surface area (TPSA) is 144 Å². The van der Waals surface area contributed by atoms with E-state index in [4.69, 9.17) is 9.29 Å². The molecule has 0 amide bonds. The van der Waals surface area contributed by atoms with Crippen LogP contribution in [0, 0.1) is 0 Å². The summed E-state index contributed by atoms with van der Waals surface area (Å²) >= 11 is 0. The van der Waals surface area contributed by atoms with Crippen molar-refractivity contribution in [3.8, 4) is 0 Å². The Morgan fingerprint density at radius 2 is 1.21 bits per heavy atom. The number of carboxylic acids is 2. The van der Waals surface area contributed by atoms with Crippen LogP contribution >= 0.6 is 0 Å². The normalized spacial score (nSPS) is 12.6. The molecule has 1 N–H and O–H groups in total. The average molecular weight is 449 g/mol. The minimum Gasteiger partial charge on any atom is -0.549 e. The standard InChI is InChI=1S/C16H30O8S.3Na/c1-2-3-4-5-6-7-8-9-10-11-12-24-13(15(17)18)14(16(19)20)25(21,22)23;;;/h13-14H,2-12H2,1H3,(H,17,18)(H,19,20)(H,21,22,23);;;/q;3*+1/p-2. The molecule has 0 aliphatic carbocycles. The monoisotopic (exact) mass is 449 g/mol. The third-order valence-electron chi connectivity index (χ3n) is 3.86. The van der Waals surface area contributed by atoms with E-state index in [1.54, 1.807) is 0 Å². The fourth-order valence-corrected chi connectivity index (χ4v) is 3.23. The van der Waals surface area contributed by atoms with Crippen molar-refractivity contribution in [2.45, 2.75) is 82.5 Å². The first-order chi connectivity index (χ1) is 11.7. The molecule has 28 heavy (non-hydrogen) atoms. The molecule has 2 atom stereocenters. The predicted molar refractivity (Wildman–Crippen MR) is 86.9 cm³/mol. The Kier molecular flexibility index (Phi) is 29.2. The number of rotatable bonds is 16. The van der Waals surface area contributed by atoms with Crippen molar-refractivity contribution >= 4 is 22.1 Å². The first kappa shape index (κ1) is 37.1. The first-order valence-electron chi connectivity index (χ1n) is 8.71. The van der Waals surface area contributed by atoms with Crippen LogP contribution in [-0.4, -0.2) is 42.9 Å². The van der Waals surface area contributed by atoms with Crippen LogP contribution < -0.4 is 98.9 Å².